The first-order valence-corrected chi connectivity index (χ1v) is 8.33. The Morgan fingerprint density at radius 2 is 1.84 bits per heavy atom. The average Bonchev–Trinajstić information content (AvgIpc) is 2.64. The molecule has 5 nitrogen and oxygen atoms in total. The third-order valence-corrected chi connectivity index (χ3v) is 3.89. The molecule has 1 N–H and O–H groups in total. The molecule has 25 heavy (non-hydrogen) atoms. The average molecular weight is 340 g/mol. The van der Waals surface area contributed by atoms with Crippen LogP contribution in [0.15, 0.2) is 54.6 Å². The maximum Gasteiger partial charge on any atom is 0.223 e. The Hall–Kier alpha value is -2.82. The van der Waals surface area contributed by atoms with E-state index in [1.807, 2.05) is 48.5 Å². The van der Waals surface area contributed by atoms with Crippen LogP contribution in [0.1, 0.15) is 18.9 Å². The normalized spacial score (nSPS) is 10.2. The molecule has 0 heterocycles. The van der Waals surface area contributed by atoms with Gasteiger partial charge in [-0.2, -0.15) is 0 Å². The van der Waals surface area contributed by atoms with Crippen molar-refractivity contribution in [2.24, 2.45) is 0 Å². The highest BCUT2D eigenvalue weighted by atomic mass is 16.5. The Morgan fingerprint density at radius 3 is 2.52 bits per heavy atom. The minimum atomic E-state index is -0.0770. The minimum Gasteiger partial charge on any atom is -0.497 e. The van der Waals surface area contributed by atoms with Crippen molar-refractivity contribution in [3.05, 3.63) is 60.2 Å². The molecule has 0 saturated heterocycles. The molecule has 132 valence electrons. The number of carbonyl (C=O) groups is 2. The van der Waals surface area contributed by atoms with Crippen LogP contribution < -0.4 is 15.0 Å². The minimum absolute atomic E-state index is 0.0157. The van der Waals surface area contributed by atoms with E-state index in [2.05, 4.69) is 5.32 Å². The molecule has 2 rings (SSSR count). The van der Waals surface area contributed by atoms with Crippen LogP contribution in [0.3, 0.4) is 0 Å². The van der Waals surface area contributed by atoms with Crippen molar-refractivity contribution in [1.29, 1.82) is 0 Å². The van der Waals surface area contributed by atoms with Crippen molar-refractivity contribution in [2.45, 2.75) is 19.8 Å². The number of nitrogens with zero attached hydrogens (tertiary/aromatic N) is 1. The van der Waals surface area contributed by atoms with Gasteiger partial charge in [-0.05, 0) is 24.1 Å². The van der Waals surface area contributed by atoms with Crippen LogP contribution in [0.2, 0.25) is 0 Å². The van der Waals surface area contributed by atoms with E-state index in [1.54, 1.807) is 18.1 Å². The number of benzene rings is 2. The molecule has 2 amide bonds. The Morgan fingerprint density at radius 1 is 1.08 bits per heavy atom. The van der Waals surface area contributed by atoms with Crippen molar-refractivity contribution >= 4 is 17.5 Å². The van der Waals surface area contributed by atoms with Gasteiger partial charge in [-0.25, -0.2) is 0 Å². The number of hydrogen-bond acceptors (Lipinski definition) is 3. The molecule has 0 radical (unpaired) electrons. The number of amides is 2. The summed E-state index contributed by atoms with van der Waals surface area (Å²) >= 11 is 0. The van der Waals surface area contributed by atoms with Gasteiger partial charge in [0.1, 0.15) is 5.75 Å². The quantitative estimate of drug-likeness (QED) is 0.804. The van der Waals surface area contributed by atoms with E-state index in [1.165, 1.54) is 6.92 Å². The summed E-state index contributed by atoms with van der Waals surface area (Å²) in [5.41, 5.74) is 1.89. The van der Waals surface area contributed by atoms with Crippen LogP contribution >= 0.6 is 0 Å². The molecule has 0 aromatic heterocycles. The summed E-state index contributed by atoms with van der Waals surface area (Å²) in [4.78, 5) is 25.5. The molecule has 5 heteroatoms. The Labute approximate surface area is 148 Å². The van der Waals surface area contributed by atoms with Crippen LogP contribution in [0.5, 0.6) is 5.75 Å². The molecule has 0 aliphatic heterocycles. The molecule has 2 aromatic rings. The van der Waals surface area contributed by atoms with Crippen LogP contribution in [-0.4, -0.2) is 32.0 Å². The molecule has 0 unspecified atom stereocenters. The second kappa shape index (κ2) is 9.47. The molecular weight excluding hydrogens is 316 g/mol. The van der Waals surface area contributed by atoms with Crippen molar-refractivity contribution in [3.63, 3.8) is 0 Å². The zero-order valence-corrected chi connectivity index (χ0v) is 14.7. The molecule has 0 aliphatic carbocycles. The third-order valence-electron chi connectivity index (χ3n) is 3.89. The van der Waals surface area contributed by atoms with Crippen molar-refractivity contribution in [2.75, 3.05) is 25.1 Å². The summed E-state index contributed by atoms with van der Waals surface area (Å²) in [6, 6.07) is 17.2. The van der Waals surface area contributed by atoms with Gasteiger partial charge in [0.2, 0.25) is 11.8 Å². The number of ether oxygens (including phenoxy) is 1. The van der Waals surface area contributed by atoms with Crippen LogP contribution in [-0.2, 0) is 16.0 Å². The van der Waals surface area contributed by atoms with Gasteiger partial charge in [-0.1, -0.05) is 36.4 Å². The van der Waals surface area contributed by atoms with Gasteiger partial charge in [0.15, 0.2) is 0 Å². The first kappa shape index (κ1) is 18.5. The highest BCUT2D eigenvalue weighted by Gasteiger charge is 2.12. The molecule has 0 bridgehead atoms. The van der Waals surface area contributed by atoms with E-state index in [9.17, 15) is 9.59 Å². The smallest absolute Gasteiger partial charge is 0.223 e. The first-order chi connectivity index (χ1) is 12.1. The van der Waals surface area contributed by atoms with Crippen LogP contribution in [0, 0.1) is 0 Å². The SMILES string of the molecule is COc1cccc(N(CCNC(=O)CCc2ccccc2)C(C)=O)c1. The second-order valence-electron chi connectivity index (χ2n) is 5.71. The Balaban J connectivity index is 1.82. The van der Waals surface area contributed by atoms with Gasteiger partial charge >= 0.3 is 0 Å². The van der Waals surface area contributed by atoms with Gasteiger partial charge in [-0.3, -0.25) is 9.59 Å². The summed E-state index contributed by atoms with van der Waals surface area (Å²) in [6.07, 6.45) is 1.14. The van der Waals surface area contributed by atoms with Gasteiger partial charge < -0.3 is 15.0 Å². The standard InChI is InChI=1S/C20H24N2O3/c1-16(23)22(18-9-6-10-19(15-18)25-2)14-13-21-20(24)12-11-17-7-4-3-5-8-17/h3-10,15H,11-14H2,1-2H3,(H,21,24). The first-order valence-electron chi connectivity index (χ1n) is 8.33. The maximum atomic E-state index is 12.0. The fourth-order valence-electron chi connectivity index (χ4n) is 2.54. The van der Waals surface area contributed by atoms with Crippen molar-refractivity contribution < 1.29 is 14.3 Å². The highest BCUT2D eigenvalue weighted by Crippen LogP contribution is 2.20. The summed E-state index contributed by atoms with van der Waals surface area (Å²) < 4.78 is 5.19. The van der Waals surface area contributed by atoms with Gasteiger partial charge in [0.05, 0.1) is 7.11 Å². The van der Waals surface area contributed by atoms with Crippen LogP contribution in [0.25, 0.3) is 0 Å². The molecule has 0 spiro atoms. The summed E-state index contributed by atoms with van der Waals surface area (Å²) in [6.45, 7) is 2.33. The van der Waals surface area contributed by atoms with Crippen LogP contribution in [0.4, 0.5) is 5.69 Å². The molecule has 0 atom stereocenters. The molecule has 2 aromatic carbocycles. The number of methoxy groups -OCH3 is 1. The predicted molar refractivity (Wildman–Crippen MR) is 98.8 cm³/mol. The molecular formula is C20H24N2O3. The van der Waals surface area contributed by atoms with Gasteiger partial charge in [0, 0.05) is 38.2 Å². The van der Waals surface area contributed by atoms with E-state index in [0.717, 1.165) is 11.3 Å². The largest absolute Gasteiger partial charge is 0.497 e. The number of carbonyl (C=O) groups excluding carboxylic acids is 2. The van der Waals surface area contributed by atoms with Crippen molar-refractivity contribution in [1.82, 2.24) is 5.32 Å². The third kappa shape index (κ3) is 5.95. The Kier molecular flexibility index (Phi) is 7.01. The lowest BCUT2D eigenvalue weighted by atomic mass is 10.1. The highest BCUT2D eigenvalue weighted by molar-refractivity contribution is 5.91. The molecule has 0 aliphatic rings. The van der Waals surface area contributed by atoms with E-state index in [4.69, 9.17) is 4.74 Å². The van der Waals surface area contributed by atoms with Crippen molar-refractivity contribution in [3.8, 4) is 5.75 Å². The summed E-state index contributed by atoms with van der Waals surface area (Å²) in [5.74, 6) is 0.598. The lowest BCUT2D eigenvalue weighted by molar-refractivity contribution is -0.121. The molecule has 0 saturated carbocycles. The fraction of sp³-hybridized carbons (Fsp3) is 0.300. The monoisotopic (exact) mass is 340 g/mol. The van der Waals surface area contributed by atoms with E-state index >= 15 is 0 Å². The summed E-state index contributed by atoms with van der Waals surface area (Å²) in [5, 5.41) is 2.87. The van der Waals surface area contributed by atoms with Gasteiger partial charge in [0.25, 0.3) is 0 Å². The lowest BCUT2D eigenvalue weighted by Crippen LogP contribution is -2.37. The number of hydrogen-bond donors (Lipinski definition) is 1. The number of anilines is 1. The summed E-state index contributed by atoms with van der Waals surface area (Å²) in [7, 11) is 1.59. The predicted octanol–water partition coefficient (Wildman–Crippen LogP) is 2.80. The Bertz CT molecular complexity index is 701. The fourth-order valence-corrected chi connectivity index (χ4v) is 2.54. The van der Waals surface area contributed by atoms with E-state index in [-0.39, 0.29) is 11.8 Å². The number of rotatable bonds is 8. The lowest BCUT2D eigenvalue weighted by Gasteiger charge is -2.22. The van der Waals surface area contributed by atoms with E-state index < -0.39 is 0 Å². The second-order valence-corrected chi connectivity index (χ2v) is 5.71. The number of nitrogens with one attached hydrogen (secondary N) is 1. The number of aryl methyl sites for hydroxylation is 1. The van der Waals surface area contributed by atoms with E-state index in [0.29, 0.717) is 31.7 Å². The zero-order chi connectivity index (χ0) is 18.1. The topological polar surface area (TPSA) is 58.6 Å². The molecule has 0 fully saturated rings. The zero-order valence-electron chi connectivity index (χ0n) is 14.7. The maximum absolute atomic E-state index is 12.0. The van der Waals surface area contributed by atoms with Gasteiger partial charge in [-0.15, -0.1) is 0 Å².